The van der Waals surface area contributed by atoms with Crippen molar-refractivity contribution in [3.63, 3.8) is 0 Å². The lowest BCUT2D eigenvalue weighted by Gasteiger charge is -2.49. The molecular formula is C22H11Cl5N2O4S. The van der Waals surface area contributed by atoms with Crippen LogP contribution in [0, 0.1) is 0 Å². The molecular weight excluding hydrogens is 566 g/mol. The van der Waals surface area contributed by atoms with Crippen LogP contribution >= 0.6 is 69.3 Å². The molecule has 0 spiro atoms. The van der Waals surface area contributed by atoms with Gasteiger partial charge in [-0.1, -0.05) is 64.1 Å². The van der Waals surface area contributed by atoms with Gasteiger partial charge in [0.05, 0.1) is 43.3 Å². The molecule has 3 heterocycles. The molecule has 2 aliphatic rings. The second-order valence-electron chi connectivity index (χ2n) is 7.42. The van der Waals surface area contributed by atoms with Crippen molar-refractivity contribution in [2.45, 2.75) is 12.1 Å². The van der Waals surface area contributed by atoms with E-state index in [0.29, 0.717) is 16.5 Å². The number of benzene rings is 2. The van der Waals surface area contributed by atoms with Gasteiger partial charge in [0.1, 0.15) is 17.8 Å². The van der Waals surface area contributed by atoms with Gasteiger partial charge in [0.25, 0.3) is 17.7 Å². The van der Waals surface area contributed by atoms with Gasteiger partial charge in [-0.05, 0) is 29.6 Å². The smallest absolute Gasteiger partial charge is 0.264 e. The summed E-state index contributed by atoms with van der Waals surface area (Å²) in [7, 11) is 1.48. The van der Waals surface area contributed by atoms with Gasteiger partial charge in [0.15, 0.2) is 0 Å². The third kappa shape index (κ3) is 3.26. The lowest BCUT2D eigenvalue weighted by atomic mass is 9.90. The van der Waals surface area contributed by atoms with Gasteiger partial charge in [0.2, 0.25) is 0 Å². The third-order valence-electron chi connectivity index (χ3n) is 5.73. The Kier molecular flexibility index (Phi) is 5.99. The van der Waals surface area contributed by atoms with E-state index in [0.717, 1.165) is 9.78 Å². The summed E-state index contributed by atoms with van der Waals surface area (Å²) in [6.45, 7) is 0. The summed E-state index contributed by atoms with van der Waals surface area (Å²) in [6.07, 6.45) is 0. The zero-order valence-corrected chi connectivity index (χ0v) is 21.5. The van der Waals surface area contributed by atoms with Crippen LogP contribution in [0.2, 0.25) is 25.1 Å². The van der Waals surface area contributed by atoms with Crippen LogP contribution in [0.25, 0.3) is 0 Å². The average Bonchev–Trinajstić information content (AvgIpc) is 3.42. The molecule has 3 amide bonds. The standard InChI is InChI=1S/C22H11Cl5N2O4S/c1-33-10-5-4-8(7-9(10)23)28-18(11-3-2-6-34-11)19(22(28)32)29-20(30)12-13(21(29)31)15(25)17(27)16(26)14(12)24/h2-7,18-19H,1H3/t18-,19-/m0/s1. The number of methoxy groups -OCH3 is 1. The molecule has 34 heavy (non-hydrogen) atoms. The van der Waals surface area contributed by atoms with Crippen molar-refractivity contribution in [3.05, 3.63) is 76.8 Å². The van der Waals surface area contributed by atoms with Crippen molar-refractivity contribution < 1.29 is 19.1 Å². The number of β-lactam (4-membered cyclic amide) rings is 1. The number of hydrogen-bond acceptors (Lipinski definition) is 5. The minimum atomic E-state index is -1.13. The van der Waals surface area contributed by atoms with Gasteiger partial charge in [-0.2, -0.15) is 0 Å². The number of fused-ring (bicyclic) bond motifs is 1. The molecule has 2 aliphatic heterocycles. The Balaban J connectivity index is 1.60. The van der Waals surface area contributed by atoms with Crippen molar-refractivity contribution >= 4 is 92.8 Å². The predicted molar refractivity (Wildman–Crippen MR) is 133 cm³/mol. The molecule has 174 valence electrons. The second kappa shape index (κ2) is 8.59. The van der Waals surface area contributed by atoms with E-state index in [9.17, 15) is 14.4 Å². The maximum atomic E-state index is 13.5. The molecule has 12 heteroatoms. The average molecular weight is 577 g/mol. The summed E-state index contributed by atoms with van der Waals surface area (Å²) >= 11 is 32.4. The molecule has 2 aromatic carbocycles. The van der Waals surface area contributed by atoms with Crippen LogP contribution < -0.4 is 9.64 Å². The highest BCUT2D eigenvalue weighted by molar-refractivity contribution is 7.10. The van der Waals surface area contributed by atoms with E-state index in [4.69, 9.17) is 62.7 Å². The maximum Gasteiger partial charge on any atom is 0.264 e. The fraction of sp³-hybridized carbons (Fsp3) is 0.136. The van der Waals surface area contributed by atoms with Crippen molar-refractivity contribution in [3.8, 4) is 5.75 Å². The Hall–Kier alpha value is -2.00. The summed E-state index contributed by atoms with van der Waals surface area (Å²) in [4.78, 5) is 43.3. The molecule has 1 saturated heterocycles. The Morgan fingerprint density at radius 3 is 1.94 bits per heavy atom. The maximum absolute atomic E-state index is 13.5. The number of nitrogens with zero attached hydrogens (tertiary/aromatic N) is 2. The van der Waals surface area contributed by atoms with E-state index in [1.165, 1.54) is 23.3 Å². The van der Waals surface area contributed by atoms with E-state index in [2.05, 4.69) is 0 Å². The number of rotatable bonds is 4. The SMILES string of the molecule is COc1ccc(N2C(=O)[C@@H](N3C(=O)c4c(Cl)c(Cl)c(Cl)c(Cl)c4C3=O)[C@@H]2c2cccs2)cc1Cl. The van der Waals surface area contributed by atoms with E-state index in [1.54, 1.807) is 18.2 Å². The molecule has 1 aromatic heterocycles. The van der Waals surface area contributed by atoms with E-state index in [1.807, 2.05) is 17.5 Å². The van der Waals surface area contributed by atoms with E-state index in [-0.39, 0.29) is 31.2 Å². The first kappa shape index (κ1) is 23.7. The molecule has 1 fully saturated rings. The normalized spacial score (nSPS) is 19.5. The first-order valence-corrected chi connectivity index (χ1v) is 12.4. The summed E-state index contributed by atoms with van der Waals surface area (Å²) in [5, 5.41) is 1.49. The molecule has 2 atom stereocenters. The van der Waals surface area contributed by atoms with Crippen molar-refractivity contribution in [2.24, 2.45) is 0 Å². The minimum Gasteiger partial charge on any atom is -0.495 e. The Bertz CT molecular complexity index is 1350. The molecule has 0 aliphatic carbocycles. The third-order valence-corrected chi connectivity index (χ3v) is 8.77. The number of carbonyl (C=O) groups is 3. The van der Waals surface area contributed by atoms with Gasteiger partial charge < -0.3 is 4.74 Å². The van der Waals surface area contributed by atoms with Crippen molar-refractivity contribution in [2.75, 3.05) is 12.0 Å². The summed E-state index contributed by atoms with van der Waals surface area (Å²) in [5.41, 5.74) is 0.147. The number of carbonyl (C=O) groups excluding carboxylic acids is 3. The minimum absolute atomic E-state index is 0.140. The number of ether oxygens (including phenoxy) is 1. The number of imide groups is 1. The molecule has 0 saturated carbocycles. The van der Waals surface area contributed by atoms with Crippen molar-refractivity contribution in [1.82, 2.24) is 4.90 Å². The monoisotopic (exact) mass is 574 g/mol. The summed E-state index contributed by atoms with van der Waals surface area (Å²) in [6, 6.07) is 6.75. The van der Waals surface area contributed by atoms with Gasteiger partial charge in [0, 0.05) is 10.6 Å². The van der Waals surface area contributed by atoms with Crippen LogP contribution in [-0.4, -0.2) is 35.8 Å². The Morgan fingerprint density at radius 2 is 1.44 bits per heavy atom. The first-order chi connectivity index (χ1) is 16.2. The zero-order valence-electron chi connectivity index (χ0n) is 16.9. The Labute approximate surface area is 222 Å². The van der Waals surface area contributed by atoms with Crippen LogP contribution in [0.5, 0.6) is 5.75 Å². The lowest BCUT2D eigenvalue weighted by molar-refractivity contribution is -0.130. The largest absolute Gasteiger partial charge is 0.495 e. The van der Waals surface area contributed by atoms with E-state index < -0.39 is 29.8 Å². The van der Waals surface area contributed by atoms with Gasteiger partial charge >= 0.3 is 0 Å². The second-order valence-corrected chi connectivity index (χ2v) is 10.3. The highest BCUT2D eigenvalue weighted by atomic mass is 35.5. The van der Waals surface area contributed by atoms with Crippen LogP contribution in [0.15, 0.2) is 35.7 Å². The van der Waals surface area contributed by atoms with Crippen molar-refractivity contribution in [1.29, 1.82) is 0 Å². The fourth-order valence-electron chi connectivity index (χ4n) is 4.18. The lowest BCUT2D eigenvalue weighted by Crippen LogP contribution is -2.67. The molecule has 0 N–H and O–H groups in total. The van der Waals surface area contributed by atoms with E-state index >= 15 is 0 Å². The highest BCUT2D eigenvalue weighted by Crippen LogP contribution is 2.50. The molecule has 0 unspecified atom stereocenters. The number of halogens is 5. The van der Waals surface area contributed by atoms with Crippen LogP contribution in [0.3, 0.4) is 0 Å². The van der Waals surface area contributed by atoms with Gasteiger partial charge in [-0.3, -0.25) is 24.2 Å². The fourth-order valence-corrected chi connectivity index (χ4v) is 6.29. The van der Waals surface area contributed by atoms with Gasteiger partial charge in [-0.25, -0.2) is 0 Å². The first-order valence-electron chi connectivity index (χ1n) is 9.62. The highest BCUT2D eigenvalue weighted by Gasteiger charge is 2.58. The molecule has 5 rings (SSSR count). The van der Waals surface area contributed by atoms with Crippen LogP contribution in [0.1, 0.15) is 31.6 Å². The Morgan fingerprint density at radius 1 is 0.824 bits per heavy atom. The molecule has 0 radical (unpaired) electrons. The van der Waals surface area contributed by atoms with Crippen LogP contribution in [0.4, 0.5) is 5.69 Å². The number of anilines is 1. The summed E-state index contributed by atoms with van der Waals surface area (Å²) < 4.78 is 5.19. The topological polar surface area (TPSA) is 66.9 Å². The quantitative estimate of drug-likeness (QED) is 0.149. The molecule has 6 nitrogen and oxygen atoms in total. The zero-order chi connectivity index (χ0) is 24.5. The molecule has 3 aromatic rings. The summed E-state index contributed by atoms with van der Waals surface area (Å²) in [5.74, 6) is -1.56. The molecule has 0 bridgehead atoms. The van der Waals surface area contributed by atoms with Gasteiger partial charge in [-0.15, -0.1) is 11.3 Å². The number of hydrogen-bond donors (Lipinski definition) is 0. The number of amides is 3. The number of thiophene rings is 1. The van der Waals surface area contributed by atoms with Crippen LogP contribution in [-0.2, 0) is 4.79 Å². The predicted octanol–water partition coefficient (Wildman–Crippen LogP) is 6.78.